The summed E-state index contributed by atoms with van der Waals surface area (Å²) < 4.78 is 15.6. The number of hydroxylamine groups is 3. The number of amides is 3. The van der Waals surface area contributed by atoms with Gasteiger partial charge in [0.2, 0.25) is 11.6 Å². The second-order valence-electron chi connectivity index (χ2n) is 7.12. The molecule has 0 bridgehead atoms. The minimum Gasteiger partial charge on any atom is -0.448 e. The number of hydrogen-bond acceptors (Lipinski definition) is 12. The van der Waals surface area contributed by atoms with Crippen LogP contribution in [-0.4, -0.2) is 74.8 Å². The van der Waals surface area contributed by atoms with E-state index in [4.69, 9.17) is 28.7 Å². The monoisotopic (exact) mass is 516 g/mol. The Kier molecular flexibility index (Phi) is 14.7. The van der Waals surface area contributed by atoms with Gasteiger partial charge in [-0.15, -0.1) is 25.4 Å². The van der Waals surface area contributed by atoms with E-state index >= 15 is 0 Å². The summed E-state index contributed by atoms with van der Waals surface area (Å²) in [5, 5.41) is 13.2. The Bertz CT molecular complexity index is 781. The lowest BCUT2D eigenvalue weighted by molar-refractivity contribution is 0.0891. The summed E-state index contributed by atoms with van der Waals surface area (Å²) in [5.41, 5.74) is -0.349. The summed E-state index contributed by atoms with van der Waals surface area (Å²) in [6, 6.07) is 0. The molecule has 0 saturated heterocycles. The molecule has 0 fully saturated rings. The predicted octanol–water partition coefficient (Wildman–Crippen LogP) is 3.79. The Morgan fingerprint density at radius 3 is 1.25 bits per heavy atom. The fourth-order valence-corrected chi connectivity index (χ4v) is 2.60. The van der Waals surface area contributed by atoms with Gasteiger partial charge < -0.3 is 14.2 Å². The third kappa shape index (κ3) is 8.73. The van der Waals surface area contributed by atoms with Crippen LogP contribution in [0.25, 0.3) is 0 Å². The van der Waals surface area contributed by atoms with E-state index in [0.717, 1.165) is 19.3 Å². The summed E-state index contributed by atoms with van der Waals surface area (Å²) in [6.07, 6.45) is 1.27. The molecule has 15 heteroatoms. The highest BCUT2D eigenvalue weighted by Gasteiger charge is 2.37. The number of rotatable bonds is 15. The van der Waals surface area contributed by atoms with E-state index in [1.54, 1.807) is 0 Å². The minimum atomic E-state index is -0.978. The lowest BCUT2D eigenvalue weighted by Crippen LogP contribution is -2.40. The topological polar surface area (TPSA) is 155 Å². The fourth-order valence-electron chi connectivity index (χ4n) is 2.60. The van der Waals surface area contributed by atoms with Crippen LogP contribution >= 0.6 is 0 Å². The molecule has 0 aromatic carbocycles. The van der Waals surface area contributed by atoms with Crippen LogP contribution < -0.4 is 15.2 Å². The zero-order valence-corrected chi connectivity index (χ0v) is 21.7. The van der Waals surface area contributed by atoms with Gasteiger partial charge in [-0.1, -0.05) is 40.0 Å². The minimum absolute atomic E-state index is 0.0892. The normalized spacial score (nSPS) is 10.5. The number of aromatic nitrogens is 3. The van der Waals surface area contributed by atoms with E-state index in [1.807, 2.05) is 20.8 Å². The lowest BCUT2D eigenvalue weighted by atomic mass is 10.4. The van der Waals surface area contributed by atoms with E-state index in [-0.39, 0.29) is 37.1 Å². The smallest absolute Gasteiger partial charge is 0.440 e. The highest BCUT2D eigenvalue weighted by molar-refractivity contribution is 6.01. The number of hydrogen-bond donors (Lipinski definition) is 0. The van der Waals surface area contributed by atoms with E-state index < -0.39 is 18.3 Å². The molecule has 0 unspecified atom stereocenters. The summed E-state index contributed by atoms with van der Waals surface area (Å²) in [4.78, 5) is 53.9. The fraction of sp³-hybridized carbons (Fsp3) is 0.714. The first-order chi connectivity index (χ1) is 17.4. The van der Waals surface area contributed by atoms with Gasteiger partial charge in [0.1, 0.15) is 0 Å². The number of carbonyl (C=O) groups excluding carboxylic acids is 3. The second-order valence-corrected chi connectivity index (χ2v) is 7.12. The van der Waals surface area contributed by atoms with E-state index in [9.17, 15) is 14.4 Å². The van der Waals surface area contributed by atoms with Crippen LogP contribution in [0.15, 0.2) is 0 Å². The largest absolute Gasteiger partial charge is 0.448 e. The van der Waals surface area contributed by atoms with Crippen molar-refractivity contribution in [1.82, 2.24) is 15.4 Å². The Morgan fingerprint density at radius 2 is 0.944 bits per heavy atom. The van der Waals surface area contributed by atoms with Gasteiger partial charge in [0.25, 0.3) is 0 Å². The maximum Gasteiger partial charge on any atom is 0.440 e. The first-order valence-electron chi connectivity index (χ1n) is 11.7. The predicted molar refractivity (Wildman–Crippen MR) is 127 cm³/mol. The molecule has 15 nitrogen and oxygen atoms in total. The zero-order chi connectivity index (χ0) is 26.9. The SMILES string of the molecule is CCCCOC(=O)N(OC)c1nnnc(N(OC)C(=O)OCCCC)c1N(OC)C(=O)OCCCC. The molecule has 0 radical (unpaired) electrons. The second kappa shape index (κ2) is 17.2. The molecule has 0 atom stereocenters. The van der Waals surface area contributed by atoms with Crippen LogP contribution in [0.4, 0.5) is 31.7 Å². The first-order valence-corrected chi connectivity index (χ1v) is 11.7. The van der Waals surface area contributed by atoms with Crippen LogP contribution in [-0.2, 0) is 28.7 Å². The standard InChI is InChI=1S/C21H36N6O9/c1-7-10-13-34-19(28)25(31-4)16-17(26(32-5)20(29)35-14-11-8-2)22-24-23-18(16)27(33-6)21(30)36-15-12-9-3/h7-15H2,1-6H3. The molecule has 1 aromatic heterocycles. The molecule has 36 heavy (non-hydrogen) atoms. The van der Waals surface area contributed by atoms with E-state index in [1.165, 1.54) is 21.3 Å². The molecule has 204 valence electrons. The Labute approximate surface area is 210 Å². The number of nitrogens with zero attached hydrogens (tertiary/aromatic N) is 6. The molecule has 0 aliphatic heterocycles. The number of carbonyl (C=O) groups is 3. The molecule has 1 rings (SSSR count). The van der Waals surface area contributed by atoms with Crippen molar-refractivity contribution in [2.24, 2.45) is 0 Å². The number of unbranched alkanes of at least 4 members (excludes halogenated alkanes) is 3. The molecule has 0 aliphatic carbocycles. The van der Waals surface area contributed by atoms with Crippen molar-refractivity contribution in [3.63, 3.8) is 0 Å². The van der Waals surface area contributed by atoms with Crippen molar-refractivity contribution in [2.45, 2.75) is 59.3 Å². The van der Waals surface area contributed by atoms with Gasteiger partial charge in [-0.05, 0) is 24.5 Å². The van der Waals surface area contributed by atoms with Crippen molar-refractivity contribution >= 4 is 35.6 Å². The van der Waals surface area contributed by atoms with Gasteiger partial charge >= 0.3 is 18.3 Å². The zero-order valence-electron chi connectivity index (χ0n) is 21.7. The van der Waals surface area contributed by atoms with Gasteiger partial charge in [-0.2, -0.15) is 0 Å². The van der Waals surface area contributed by atoms with Gasteiger partial charge in [-0.25, -0.2) is 14.4 Å². The van der Waals surface area contributed by atoms with Crippen LogP contribution in [0.5, 0.6) is 0 Å². The van der Waals surface area contributed by atoms with Gasteiger partial charge in [0, 0.05) is 0 Å². The summed E-state index contributed by atoms with van der Waals surface area (Å²) >= 11 is 0. The van der Waals surface area contributed by atoms with Crippen LogP contribution in [0.1, 0.15) is 59.3 Å². The third-order valence-corrected chi connectivity index (χ3v) is 4.51. The van der Waals surface area contributed by atoms with Crippen molar-refractivity contribution in [1.29, 1.82) is 0 Å². The van der Waals surface area contributed by atoms with Crippen LogP contribution in [0.2, 0.25) is 0 Å². The summed E-state index contributed by atoms with van der Waals surface area (Å²) in [7, 11) is 3.52. The Hall–Kier alpha value is -3.30. The maximum atomic E-state index is 12.9. The molecular weight excluding hydrogens is 480 g/mol. The van der Waals surface area contributed by atoms with E-state index in [2.05, 4.69) is 15.4 Å². The number of anilines is 3. The molecule has 0 aliphatic rings. The van der Waals surface area contributed by atoms with Gasteiger partial charge in [-0.3, -0.25) is 14.5 Å². The molecule has 1 aromatic rings. The van der Waals surface area contributed by atoms with Gasteiger partial charge in [0.05, 0.1) is 41.2 Å². The summed E-state index contributed by atoms with van der Waals surface area (Å²) in [6.45, 7) is 6.09. The molecule has 3 amide bonds. The highest BCUT2D eigenvalue weighted by atomic mass is 16.7. The first kappa shape index (κ1) is 30.7. The molecule has 0 saturated carbocycles. The molecular formula is C21H36N6O9. The van der Waals surface area contributed by atoms with Crippen LogP contribution in [0.3, 0.4) is 0 Å². The third-order valence-electron chi connectivity index (χ3n) is 4.51. The van der Waals surface area contributed by atoms with Crippen molar-refractivity contribution in [2.75, 3.05) is 56.3 Å². The summed E-state index contributed by atoms with van der Waals surface area (Å²) in [5.74, 6) is -0.775. The van der Waals surface area contributed by atoms with E-state index in [0.29, 0.717) is 34.5 Å². The van der Waals surface area contributed by atoms with Gasteiger partial charge in [0.15, 0.2) is 5.69 Å². The van der Waals surface area contributed by atoms with Crippen molar-refractivity contribution < 1.29 is 43.1 Å². The molecule has 1 heterocycles. The average molecular weight is 517 g/mol. The quantitative estimate of drug-likeness (QED) is 0.189. The molecule has 0 N–H and O–H groups in total. The Morgan fingerprint density at radius 1 is 0.611 bits per heavy atom. The van der Waals surface area contributed by atoms with Crippen molar-refractivity contribution in [3.8, 4) is 0 Å². The van der Waals surface area contributed by atoms with Crippen LogP contribution in [0, 0.1) is 0 Å². The maximum absolute atomic E-state index is 12.9. The highest BCUT2D eigenvalue weighted by Crippen LogP contribution is 2.36. The average Bonchev–Trinajstić information content (AvgIpc) is 2.87. The van der Waals surface area contributed by atoms with Crippen molar-refractivity contribution in [3.05, 3.63) is 0 Å². The number of ether oxygens (including phenoxy) is 3. The Balaban J connectivity index is 3.58. The molecule has 0 spiro atoms. The lowest BCUT2D eigenvalue weighted by Gasteiger charge is -2.28.